The average molecular weight is 254 g/mol. The molecular formula is C14H26N2O2. The van der Waals surface area contributed by atoms with Gasteiger partial charge >= 0.3 is 5.97 Å². The normalized spacial score (nSPS) is 29.9. The predicted octanol–water partition coefficient (Wildman–Crippen LogP) is 1.26. The van der Waals surface area contributed by atoms with Gasteiger partial charge < -0.3 is 15.0 Å². The first-order valence-electron chi connectivity index (χ1n) is 7.26. The van der Waals surface area contributed by atoms with Gasteiger partial charge in [0.1, 0.15) is 0 Å². The molecule has 1 saturated carbocycles. The molecule has 1 aliphatic carbocycles. The molecule has 0 radical (unpaired) electrons. The van der Waals surface area contributed by atoms with E-state index >= 15 is 0 Å². The molecule has 1 aliphatic heterocycles. The maximum absolute atomic E-state index is 11.8. The van der Waals surface area contributed by atoms with E-state index < -0.39 is 0 Å². The lowest BCUT2D eigenvalue weighted by molar-refractivity contribution is -0.147. The summed E-state index contributed by atoms with van der Waals surface area (Å²) in [7, 11) is 1.50. The molecule has 4 nitrogen and oxygen atoms in total. The zero-order valence-corrected chi connectivity index (χ0v) is 11.7. The molecule has 0 aromatic heterocycles. The lowest BCUT2D eigenvalue weighted by Crippen LogP contribution is -2.52. The lowest BCUT2D eigenvalue weighted by Gasteiger charge is -2.40. The third-order valence-electron chi connectivity index (χ3n) is 4.29. The second-order valence-corrected chi connectivity index (χ2v) is 5.73. The smallest absolute Gasteiger partial charge is 0.310 e. The molecule has 2 unspecified atom stereocenters. The summed E-state index contributed by atoms with van der Waals surface area (Å²) in [6, 6.07) is 0.438. The van der Waals surface area contributed by atoms with Gasteiger partial charge in [-0.05, 0) is 31.7 Å². The summed E-state index contributed by atoms with van der Waals surface area (Å²) in [6.45, 7) is 6.21. The maximum Gasteiger partial charge on any atom is 0.310 e. The van der Waals surface area contributed by atoms with Crippen molar-refractivity contribution in [3.63, 3.8) is 0 Å². The van der Waals surface area contributed by atoms with E-state index in [1.54, 1.807) is 0 Å². The summed E-state index contributed by atoms with van der Waals surface area (Å²) in [5.74, 6) is 0.868. The van der Waals surface area contributed by atoms with Crippen LogP contribution in [0.5, 0.6) is 0 Å². The van der Waals surface area contributed by atoms with Gasteiger partial charge in [0.05, 0.1) is 13.0 Å². The summed E-state index contributed by atoms with van der Waals surface area (Å²) in [6.07, 6.45) is 5.04. The molecule has 4 heteroatoms. The third-order valence-corrected chi connectivity index (χ3v) is 4.29. The highest BCUT2D eigenvalue weighted by Gasteiger charge is 2.33. The van der Waals surface area contributed by atoms with Gasteiger partial charge in [0.25, 0.3) is 0 Å². The van der Waals surface area contributed by atoms with Crippen molar-refractivity contribution < 1.29 is 9.53 Å². The van der Waals surface area contributed by atoms with Crippen molar-refractivity contribution in [2.24, 2.45) is 11.8 Å². The van der Waals surface area contributed by atoms with Crippen molar-refractivity contribution in [1.82, 2.24) is 10.2 Å². The zero-order valence-electron chi connectivity index (χ0n) is 11.7. The number of piperidine rings is 1. The van der Waals surface area contributed by atoms with Crippen LogP contribution < -0.4 is 5.32 Å². The minimum Gasteiger partial charge on any atom is -0.469 e. The minimum absolute atomic E-state index is 0.0452. The summed E-state index contributed by atoms with van der Waals surface area (Å²) < 4.78 is 4.92. The Hall–Kier alpha value is -0.610. The van der Waals surface area contributed by atoms with Crippen molar-refractivity contribution in [3.8, 4) is 0 Å². The number of ether oxygens (including phenoxy) is 1. The van der Waals surface area contributed by atoms with Crippen molar-refractivity contribution in [1.29, 1.82) is 0 Å². The summed E-state index contributed by atoms with van der Waals surface area (Å²) in [5.41, 5.74) is 0. The Balaban J connectivity index is 1.89. The van der Waals surface area contributed by atoms with Gasteiger partial charge in [0, 0.05) is 25.7 Å². The van der Waals surface area contributed by atoms with E-state index in [4.69, 9.17) is 4.74 Å². The fourth-order valence-electron chi connectivity index (χ4n) is 3.15. The van der Waals surface area contributed by atoms with Gasteiger partial charge in [0.2, 0.25) is 0 Å². The summed E-state index contributed by atoms with van der Waals surface area (Å²) in [5, 5.41) is 3.48. The van der Waals surface area contributed by atoms with E-state index in [9.17, 15) is 4.79 Å². The van der Waals surface area contributed by atoms with Crippen LogP contribution in [-0.4, -0.2) is 50.2 Å². The van der Waals surface area contributed by atoms with E-state index in [1.165, 1.54) is 26.4 Å². The fourth-order valence-corrected chi connectivity index (χ4v) is 3.15. The first-order valence-corrected chi connectivity index (χ1v) is 7.26. The molecule has 18 heavy (non-hydrogen) atoms. The van der Waals surface area contributed by atoms with Crippen LogP contribution in [0.1, 0.15) is 32.6 Å². The molecule has 0 aromatic rings. The van der Waals surface area contributed by atoms with Gasteiger partial charge in [0.15, 0.2) is 0 Å². The molecular weight excluding hydrogens is 228 g/mol. The molecule has 1 heterocycles. The highest BCUT2D eigenvalue weighted by atomic mass is 16.5. The van der Waals surface area contributed by atoms with Gasteiger partial charge in [-0.25, -0.2) is 0 Å². The summed E-state index contributed by atoms with van der Waals surface area (Å²) in [4.78, 5) is 14.2. The van der Waals surface area contributed by atoms with E-state index in [0.29, 0.717) is 6.04 Å². The van der Waals surface area contributed by atoms with Crippen LogP contribution in [-0.2, 0) is 9.53 Å². The van der Waals surface area contributed by atoms with Crippen molar-refractivity contribution in [2.75, 3.05) is 33.3 Å². The molecule has 104 valence electrons. The molecule has 2 atom stereocenters. The Morgan fingerprint density at radius 2 is 2.17 bits per heavy atom. The van der Waals surface area contributed by atoms with Crippen LogP contribution in [0.25, 0.3) is 0 Å². The quantitative estimate of drug-likeness (QED) is 0.750. The molecule has 0 aromatic carbocycles. The zero-order chi connectivity index (χ0) is 13.0. The minimum atomic E-state index is -0.0452. The number of hydrogen-bond acceptors (Lipinski definition) is 4. The van der Waals surface area contributed by atoms with Crippen LogP contribution in [0.3, 0.4) is 0 Å². The van der Waals surface area contributed by atoms with E-state index in [1.807, 2.05) is 0 Å². The lowest BCUT2D eigenvalue weighted by atomic mass is 9.84. The molecule has 1 N–H and O–H groups in total. The van der Waals surface area contributed by atoms with Crippen LogP contribution in [0, 0.1) is 11.8 Å². The Bertz CT molecular complexity index is 279. The molecule has 0 amide bonds. The Labute approximate surface area is 110 Å². The molecule has 0 bridgehead atoms. The number of nitrogens with one attached hydrogen (secondary N) is 1. The number of rotatable bonds is 5. The Morgan fingerprint density at radius 3 is 2.72 bits per heavy atom. The first kappa shape index (κ1) is 13.8. The number of esters is 1. The Morgan fingerprint density at radius 1 is 1.39 bits per heavy atom. The summed E-state index contributed by atoms with van der Waals surface area (Å²) >= 11 is 0. The maximum atomic E-state index is 11.8. The second-order valence-electron chi connectivity index (χ2n) is 5.73. The van der Waals surface area contributed by atoms with Crippen LogP contribution in [0.2, 0.25) is 0 Å². The molecule has 1 saturated heterocycles. The standard InChI is InChI=1S/C14H26N2O2/c1-3-15-13-7-12(14(17)18-2)9-16(10-13)8-11-5-4-6-11/h11-13,15H,3-10H2,1-2H3. The molecule has 2 rings (SSSR count). The number of carbonyl (C=O) groups is 1. The number of carbonyl (C=O) groups excluding carboxylic acids is 1. The Kier molecular flexibility index (Phi) is 5.01. The first-order chi connectivity index (χ1) is 8.72. The van der Waals surface area contributed by atoms with Crippen molar-refractivity contribution in [3.05, 3.63) is 0 Å². The topological polar surface area (TPSA) is 41.6 Å². The van der Waals surface area contributed by atoms with Crippen molar-refractivity contribution >= 4 is 5.97 Å². The number of likely N-dealkylation sites (tertiary alicyclic amines) is 1. The van der Waals surface area contributed by atoms with Crippen LogP contribution >= 0.6 is 0 Å². The van der Waals surface area contributed by atoms with Crippen LogP contribution in [0.15, 0.2) is 0 Å². The third kappa shape index (κ3) is 3.45. The highest BCUT2D eigenvalue weighted by Crippen LogP contribution is 2.29. The second kappa shape index (κ2) is 6.53. The van der Waals surface area contributed by atoms with Crippen LogP contribution in [0.4, 0.5) is 0 Å². The fraction of sp³-hybridized carbons (Fsp3) is 0.929. The van der Waals surface area contributed by atoms with E-state index in [2.05, 4.69) is 17.1 Å². The SMILES string of the molecule is CCNC1CC(C(=O)OC)CN(CC2CCC2)C1. The van der Waals surface area contributed by atoms with E-state index in [0.717, 1.165) is 38.5 Å². The van der Waals surface area contributed by atoms with E-state index in [-0.39, 0.29) is 11.9 Å². The number of nitrogens with zero attached hydrogens (tertiary/aromatic N) is 1. The number of methoxy groups -OCH3 is 1. The predicted molar refractivity (Wildman–Crippen MR) is 71.4 cm³/mol. The largest absolute Gasteiger partial charge is 0.469 e. The highest BCUT2D eigenvalue weighted by molar-refractivity contribution is 5.72. The monoisotopic (exact) mass is 254 g/mol. The molecule has 0 spiro atoms. The van der Waals surface area contributed by atoms with Crippen molar-refractivity contribution in [2.45, 2.75) is 38.6 Å². The molecule has 2 aliphatic rings. The van der Waals surface area contributed by atoms with Gasteiger partial charge in [-0.2, -0.15) is 0 Å². The molecule has 2 fully saturated rings. The number of hydrogen-bond donors (Lipinski definition) is 1. The van der Waals surface area contributed by atoms with Gasteiger partial charge in [-0.15, -0.1) is 0 Å². The average Bonchev–Trinajstić information content (AvgIpc) is 2.33. The van der Waals surface area contributed by atoms with Gasteiger partial charge in [-0.1, -0.05) is 13.3 Å². The van der Waals surface area contributed by atoms with Gasteiger partial charge in [-0.3, -0.25) is 4.79 Å². The number of likely N-dealkylation sites (N-methyl/N-ethyl adjacent to an activating group) is 1.